The first-order valence-corrected chi connectivity index (χ1v) is 11.2. The second kappa shape index (κ2) is 11.8. The molecule has 3 rings (SSSR count). The number of nitriles is 1. The molecule has 0 radical (unpaired) electrons. The summed E-state index contributed by atoms with van der Waals surface area (Å²) in [6, 6.07) is 4.92. The van der Waals surface area contributed by atoms with Gasteiger partial charge in [0.05, 0.1) is 33.8 Å². The summed E-state index contributed by atoms with van der Waals surface area (Å²) in [6.45, 7) is 3.28. The zero-order valence-corrected chi connectivity index (χ0v) is 20.2. The second-order valence-electron chi connectivity index (χ2n) is 7.57. The average Bonchev–Trinajstić information content (AvgIpc) is 3.24. The van der Waals surface area contributed by atoms with E-state index < -0.39 is 6.04 Å². The lowest BCUT2D eigenvalue weighted by atomic mass is 10.1. The van der Waals surface area contributed by atoms with Gasteiger partial charge in [-0.25, -0.2) is 0 Å². The molecule has 32 heavy (non-hydrogen) atoms. The van der Waals surface area contributed by atoms with Crippen molar-refractivity contribution in [2.24, 2.45) is 5.73 Å². The maximum absolute atomic E-state index is 13.3. The van der Waals surface area contributed by atoms with Crippen molar-refractivity contribution in [3.8, 4) is 11.8 Å². The summed E-state index contributed by atoms with van der Waals surface area (Å²) < 4.78 is 7.52. The molecule has 1 aromatic carbocycles. The summed E-state index contributed by atoms with van der Waals surface area (Å²) in [5.41, 5.74) is 6.23. The molecule has 1 aliphatic rings. The molecule has 1 aliphatic heterocycles. The number of hydrogen-bond acceptors (Lipinski definition) is 5. The standard InChI is InChI=1S/C22H26Cl2N4O3.ClH/c1-2-3-9-31-21-15-10-17(23)18(24)11-16(15)22(30)28(19(21)13-26)8-6-20(29)27-7-4-5-14(27)12-25;/h10-11,14H,2-9,13,26H2,1H3;1H/t14-;/m0./s1. The Hall–Kier alpha value is -1.98. The van der Waals surface area contributed by atoms with Crippen LogP contribution < -0.4 is 16.0 Å². The maximum atomic E-state index is 13.3. The van der Waals surface area contributed by atoms with E-state index in [2.05, 4.69) is 13.0 Å². The minimum atomic E-state index is -0.399. The van der Waals surface area contributed by atoms with Gasteiger partial charge in [-0.2, -0.15) is 5.26 Å². The molecule has 0 spiro atoms. The molecular formula is C22H27Cl3N4O3. The Kier molecular flexibility index (Phi) is 9.65. The third kappa shape index (κ3) is 5.32. The topological polar surface area (TPSA) is 101 Å². The van der Waals surface area contributed by atoms with Crippen molar-refractivity contribution in [2.75, 3.05) is 13.2 Å². The van der Waals surface area contributed by atoms with Crippen molar-refractivity contribution >= 4 is 52.3 Å². The number of nitrogens with zero attached hydrogens (tertiary/aromatic N) is 3. The number of aromatic nitrogens is 1. The molecule has 1 aromatic heterocycles. The molecule has 2 N–H and O–H groups in total. The lowest BCUT2D eigenvalue weighted by Crippen LogP contribution is -2.36. The molecule has 2 aromatic rings. The highest BCUT2D eigenvalue weighted by Gasteiger charge is 2.28. The summed E-state index contributed by atoms with van der Waals surface area (Å²) in [7, 11) is 0. The van der Waals surface area contributed by atoms with E-state index in [1.54, 1.807) is 11.0 Å². The van der Waals surface area contributed by atoms with Crippen LogP contribution in [0.5, 0.6) is 5.75 Å². The lowest BCUT2D eigenvalue weighted by molar-refractivity contribution is -0.131. The van der Waals surface area contributed by atoms with Gasteiger partial charge in [0, 0.05) is 31.4 Å². The van der Waals surface area contributed by atoms with Gasteiger partial charge < -0.3 is 19.9 Å². The summed E-state index contributed by atoms with van der Waals surface area (Å²) in [6.07, 6.45) is 3.37. The van der Waals surface area contributed by atoms with E-state index in [1.807, 2.05) is 0 Å². The van der Waals surface area contributed by atoms with E-state index >= 15 is 0 Å². The Morgan fingerprint density at radius 1 is 1.31 bits per heavy atom. The normalized spacial score (nSPS) is 15.5. The van der Waals surface area contributed by atoms with Gasteiger partial charge in [0.25, 0.3) is 5.56 Å². The van der Waals surface area contributed by atoms with E-state index in [4.69, 9.17) is 33.7 Å². The van der Waals surface area contributed by atoms with E-state index in [0.717, 1.165) is 19.3 Å². The summed E-state index contributed by atoms with van der Waals surface area (Å²) in [5.74, 6) is 0.342. The van der Waals surface area contributed by atoms with Crippen LogP contribution in [0.15, 0.2) is 16.9 Å². The van der Waals surface area contributed by atoms with Crippen molar-refractivity contribution < 1.29 is 9.53 Å². The zero-order chi connectivity index (χ0) is 22.5. The highest BCUT2D eigenvalue weighted by Crippen LogP contribution is 2.34. The molecule has 0 bridgehead atoms. The van der Waals surface area contributed by atoms with Crippen molar-refractivity contribution in [1.82, 2.24) is 9.47 Å². The molecule has 0 unspecified atom stereocenters. The summed E-state index contributed by atoms with van der Waals surface area (Å²) >= 11 is 12.4. The summed E-state index contributed by atoms with van der Waals surface area (Å²) in [4.78, 5) is 27.6. The van der Waals surface area contributed by atoms with Gasteiger partial charge in [-0.15, -0.1) is 12.4 Å². The maximum Gasteiger partial charge on any atom is 0.258 e. The number of carbonyl (C=O) groups is 1. The number of hydrogen-bond donors (Lipinski definition) is 1. The quantitative estimate of drug-likeness (QED) is 0.544. The molecule has 0 aliphatic carbocycles. The Morgan fingerprint density at radius 2 is 2.00 bits per heavy atom. The largest absolute Gasteiger partial charge is 0.491 e. The highest BCUT2D eigenvalue weighted by molar-refractivity contribution is 6.42. The molecule has 1 fully saturated rings. The fraction of sp³-hybridized carbons (Fsp3) is 0.500. The molecule has 1 saturated heterocycles. The van der Waals surface area contributed by atoms with Crippen LogP contribution in [-0.2, 0) is 17.9 Å². The van der Waals surface area contributed by atoms with Gasteiger partial charge in [0.2, 0.25) is 5.91 Å². The van der Waals surface area contributed by atoms with Gasteiger partial charge >= 0.3 is 0 Å². The number of amides is 1. The Balaban J connectivity index is 0.00000363. The number of ether oxygens (including phenoxy) is 1. The number of pyridine rings is 1. The van der Waals surface area contributed by atoms with Gasteiger partial charge in [-0.05, 0) is 31.4 Å². The molecule has 1 amide bonds. The minimum absolute atomic E-state index is 0. The smallest absolute Gasteiger partial charge is 0.258 e. The first-order chi connectivity index (χ1) is 14.9. The summed E-state index contributed by atoms with van der Waals surface area (Å²) in [5, 5.41) is 10.8. The fourth-order valence-corrected chi connectivity index (χ4v) is 4.25. The molecule has 174 valence electrons. The first-order valence-electron chi connectivity index (χ1n) is 10.5. The van der Waals surface area contributed by atoms with Crippen molar-refractivity contribution in [3.05, 3.63) is 38.2 Å². The van der Waals surface area contributed by atoms with Crippen LogP contribution in [0.2, 0.25) is 10.0 Å². The van der Waals surface area contributed by atoms with Crippen LogP contribution >= 0.6 is 35.6 Å². The molecule has 7 nitrogen and oxygen atoms in total. The van der Waals surface area contributed by atoms with Crippen molar-refractivity contribution in [2.45, 2.75) is 58.2 Å². The van der Waals surface area contributed by atoms with E-state index in [1.165, 1.54) is 10.6 Å². The third-order valence-corrected chi connectivity index (χ3v) is 6.30. The number of benzene rings is 1. The van der Waals surface area contributed by atoms with Crippen LogP contribution in [0.25, 0.3) is 10.8 Å². The first kappa shape index (κ1) is 26.3. The number of likely N-dealkylation sites (tertiary alicyclic amines) is 1. The Morgan fingerprint density at radius 3 is 2.62 bits per heavy atom. The molecule has 2 heterocycles. The number of halogens is 3. The predicted octanol–water partition coefficient (Wildman–Crippen LogP) is 4.27. The van der Waals surface area contributed by atoms with Gasteiger partial charge in [0.15, 0.2) is 0 Å². The highest BCUT2D eigenvalue weighted by atomic mass is 35.5. The van der Waals surface area contributed by atoms with Crippen molar-refractivity contribution in [1.29, 1.82) is 5.26 Å². The minimum Gasteiger partial charge on any atom is -0.491 e. The molecule has 10 heteroatoms. The van der Waals surface area contributed by atoms with Crippen LogP contribution in [0.1, 0.15) is 44.7 Å². The van der Waals surface area contributed by atoms with E-state index in [-0.39, 0.29) is 48.4 Å². The molecule has 1 atom stereocenters. The third-order valence-electron chi connectivity index (χ3n) is 5.58. The zero-order valence-electron chi connectivity index (χ0n) is 17.9. The number of unbranched alkanes of at least 4 members (excludes halogenated alkanes) is 1. The fourth-order valence-electron chi connectivity index (χ4n) is 3.93. The number of nitrogens with two attached hydrogens (primary N) is 1. The average molecular weight is 502 g/mol. The van der Waals surface area contributed by atoms with Crippen LogP contribution in [0.4, 0.5) is 0 Å². The van der Waals surface area contributed by atoms with Crippen LogP contribution in [0, 0.1) is 11.3 Å². The number of rotatable bonds is 8. The van der Waals surface area contributed by atoms with Gasteiger partial charge in [-0.1, -0.05) is 36.5 Å². The number of fused-ring (bicyclic) bond motifs is 1. The van der Waals surface area contributed by atoms with E-state index in [9.17, 15) is 14.9 Å². The molecule has 0 saturated carbocycles. The van der Waals surface area contributed by atoms with Crippen molar-refractivity contribution in [3.63, 3.8) is 0 Å². The van der Waals surface area contributed by atoms with Gasteiger partial charge in [-0.3, -0.25) is 9.59 Å². The predicted molar refractivity (Wildman–Crippen MR) is 129 cm³/mol. The van der Waals surface area contributed by atoms with Crippen LogP contribution in [-0.4, -0.2) is 34.6 Å². The number of carbonyl (C=O) groups excluding carboxylic acids is 1. The van der Waals surface area contributed by atoms with Gasteiger partial charge in [0.1, 0.15) is 11.8 Å². The monoisotopic (exact) mass is 500 g/mol. The second-order valence-corrected chi connectivity index (χ2v) is 8.39. The van der Waals surface area contributed by atoms with Crippen LogP contribution in [0.3, 0.4) is 0 Å². The van der Waals surface area contributed by atoms with E-state index in [0.29, 0.717) is 46.8 Å². The molecular weight excluding hydrogens is 475 g/mol. The lowest BCUT2D eigenvalue weighted by Gasteiger charge is -2.22. The SMILES string of the molecule is CCCCOc1c(CN)n(CCC(=O)N2CCC[C@H]2C#N)c(=O)c2cc(Cl)c(Cl)cc12.Cl. The Bertz CT molecular complexity index is 1080. The Labute approximate surface area is 203 Å².